The third-order valence-electron chi connectivity index (χ3n) is 5.64. The Morgan fingerprint density at radius 3 is 2.87 bits per heavy atom. The summed E-state index contributed by atoms with van der Waals surface area (Å²) in [6, 6.07) is 11.0. The number of nitrogens with zero attached hydrogens (tertiary/aromatic N) is 4. The molecule has 1 aliphatic rings. The lowest BCUT2D eigenvalue weighted by Crippen LogP contribution is -2.29. The van der Waals surface area contributed by atoms with Crippen molar-refractivity contribution in [3.63, 3.8) is 0 Å². The third-order valence-corrected chi connectivity index (χ3v) is 5.64. The molecule has 2 N–H and O–H groups in total. The molecule has 1 aromatic carbocycles. The Kier molecular flexibility index (Phi) is 7.82. The first-order valence-electron chi connectivity index (χ1n) is 11.0. The van der Waals surface area contributed by atoms with Gasteiger partial charge in [0.05, 0.1) is 23.6 Å². The van der Waals surface area contributed by atoms with Crippen LogP contribution in [0.2, 0.25) is 0 Å². The van der Waals surface area contributed by atoms with Gasteiger partial charge in [0.1, 0.15) is 5.82 Å². The van der Waals surface area contributed by atoms with E-state index in [1.165, 1.54) is 12.8 Å². The van der Waals surface area contributed by atoms with Crippen LogP contribution in [0.15, 0.2) is 53.8 Å². The largest absolute Gasteiger partial charge is 0.391 e. The second kappa shape index (κ2) is 10.8. The van der Waals surface area contributed by atoms with Gasteiger partial charge in [0.25, 0.3) is 0 Å². The summed E-state index contributed by atoms with van der Waals surface area (Å²) < 4.78 is 0. The highest BCUT2D eigenvalue weighted by atomic mass is 15.2. The van der Waals surface area contributed by atoms with Gasteiger partial charge in [-0.2, -0.15) is 0 Å². The molecule has 1 aromatic heterocycles. The summed E-state index contributed by atoms with van der Waals surface area (Å²) >= 11 is 0. The standard InChI is InChI=1S/C25H34N6/c1-5-28-13-12-22(26)18-30(24-10-8-19(2)15-23(24)27-4)17-21-9-11-25(29-16-21)31-14-6-7-20(31)3/h8-13,15-16,20,26,28H,4-7,14,17-18H2,1-3H3/b13-12-,26-22?. The molecule has 31 heavy (non-hydrogen) atoms. The van der Waals surface area contributed by atoms with E-state index in [2.05, 4.69) is 58.0 Å². The summed E-state index contributed by atoms with van der Waals surface area (Å²) in [5.74, 6) is 1.05. The molecule has 0 amide bonds. The quantitative estimate of drug-likeness (QED) is 0.541. The van der Waals surface area contributed by atoms with Gasteiger partial charge in [-0.3, -0.25) is 4.99 Å². The highest BCUT2D eigenvalue weighted by Gasteiger charge is 2.21. The third kappa shape index (κ3) is 5.94. The van der Waals surface area contributed by atoms with Gasteiger partial charge in [0, 0.05) is 31.9 Å². The average Bonchev–Trinajstić information content (AvgIpc) is 3.19. The number of pyridine rings is 1. The van der Waals surface area contributed by atoms with Gasteiger partial charge in [-0.15, -0.1) is 0 Å². The molecule has 0 aliphatic carbocycles. The highest BCUT2D eigenvalue weighted by molar-refractivity contribution is 5.96. The normalized spacial score (nSPS) is 16.0. The molecule has 0 bridgehead atoms. The predicted molar refractivity (Wildman–Crippen MR) is 132 cm³/mol. The van der Waals surface area contributed by atoms with E-state index in [1.54, 1.807) is 0 Å². The number of aromatic nitrogens is 1. The molecular formula is C25H34N6. The van der Waals surface area contributed by atoms with Gasteiger partial charge in [-0.05, 0) is 81.9 Å². The van der Waals surface area contributed by atoms with Crippen LogP contribution < -0.4 is 15.1 Å². The van der Waals surface area contributed by atoms with Crippen molar-refractivity contribution in [2.75, 3.05) is 29.4 Å². The van der Waals surface area contributed by atoms with Crippen molar-refractivity contribution in [3.8, 4) is 0 Å². The molecule has 6 nitrogen and oxygen atoms in total. The molecule has 2 aromatic rings. The molecule has 1 atom stereocenters. The van der Waals surface area contributed by atoms with Crippen LogP contribution in [0.1, 0.15) is 37.8 Å². The van der Waals surface area contributed by atoms with E-state index >= 15 is 0 Å². The van der Waals surface area contributed by atoms with Crippen LogP contribution in [0.3, 0.4) is 0 Å². The van der Waals surface area contributed by atoms with Crippen LogP contribution in [-0.2, 0) is 6.54 Å². The second-order valence-corrected chi connectivity index (χ2v) is 8.13. The number of rotatable bonds is 10. The molecule has 0 saturated carbocycles. The zero-order valence-corrected chi connectivity index (χ0v) is 18.9. The van der Waals surface area contributed by atoms with Crippen LogP contribution in [0, 0.1) is 12.3 Å². The Hall–Kier alpha value is -3.15. The van der Waals surface area contributed by atoms with Crippen LogP contribution in [0.25, 0.3) is 0 Å². The van der Waals surface area contributed by atoms with Crippen molar-refractivity contribution in [3.05, 3.63) is 59.9 Å². The van der Waals surface area contributed by atoms with Gasteiger partial charge < -0.3 is 20.5 Å². The smallest absolute Gasteiger partial charge is 0.128 e. The van der Waals surface area contributed by atoms with Gasteiger partial charge in [0.15, 0.2) is 0 Å². The summed E-state index contributed by atoms with van der Waals surface area (Å²) in [6.07, 6.45) is 8.05. The number of anilines is 2. The lowest BCUT2D eigenvalue weighted by Gasteiger charge is -2.27. The first kappa shape index (κ1) is 22.5. The molecule has 164 valence electrons. The van der Waals surface area contributed by atoms with Crippen molar-refractivity contribution in [1.29, 1.82) is 5.41 Å². The van der Waals surface area contributed by atoms with E-state index in [0.29, 0.717) is 24.8 Å². The lowest BCUT2D eigenvalue weighted by molar-refractivity contribution is 0.726. The molecule has 1 saturated heterocycles. The Bertz CT molecular complexity index is 918. The maximum absolute atomic E-state index is 8.41. The summed E-state index contributed by atoms with van der Waals surface area (Å²) in [6.45, 7) is 13.1. The fourth-order valence-corrected chi connectivity index (χ4v) is 3.96. The van der Waals surface area contributed by atoms with Gasteiger partial charge in [-0.1, -0.05) is 12.1 Å². The molecule has 0 spiro atoms. The van der Waals surface area contributed by atoms with Crippen molar-refractivity contribution >= 4 is 29.6 Å². The molecular weight excluding hydrogens is 384 g/mol. The number of hydrogen-bond donors (Lipinski definition) is 2. The SMILES string of the molecule is C=Nc1cc(C)ccc1N(CC(=N)/C=C\NCC)Cc1ccc(N2CCCC2C)nc1. The van der Waals surface area contributed by atoms with Gasteiger partial charge in [-0.25, -0.2) is 4.98 Å². The molecule has 2 heterocycles. The fraction of sp³-hybridized carbons (Fsp3) is 0.400. The van der Waals surface area contributed by atoms with Crippen LogP contribution in [0.5, 0.6) is 0 Å². The maximum Gasteiger partial charge on any atom is 0.128 e. The molecule has 0 radical (unpaired) electrons. The number of aryl methyl sites for hydroxylation is 1. The zero-order chi connectivity index (χ0) is 22.2. The van der Waals surface area contributed by atoms with E-state index < -0.39 is 0 Å². The monoisotopic (exact) mass is 418 g/mol. The van der Waals surface area contributed by atoms with E-state index in [1.807, 2.05) is 38.4 Å². The Balaban J connectivity index is 1.82. The Morgan fingerprint density at radius 1 is 1.39 bits per heavy atom. The molecule has 6 heteroatoms. The number of aliphatic imine (C=N–C) groups is 1. The Morgan fingerprint density at radius 2 is 2.23 bits per heavy atom. The zero-order valence-electron chi connectivity index (χ0n) is 18.9. The first-order chi connectivity index (χ1) is 15.0. The van der Waals surface area contributed by atoms with E-state index in [0.717, 1.165) is 41.4 Å². The minimum absolute atomic E-state index is 0.471. The maximum atomic E-state index is 8.41. The van der Waals surface area contributed by atoms with Crippen molar-refractivity contribution in [2.45, 2.75) is 46.2 Å². The number of benzene rings is 1. The average molecular weight is 419 g/mol. The summed E-state index contributed by atoms with van der Waals surface area (Å²) in [5.41, 5.74) is 4.57. The van der Waals surface area contributed by atoms with Crippen LogP contribution in [-0.4, -0.2) is 43.1 Å². The Labute approximate surface area is 186 Å². The van der Waals surface area contributed by atoms with E-state index in [9.17, 15) is 0 Å². The first-order valence-corrected chi connectivity index (χ1v) is 11.0. The van der Waals surface area contributed by atoms with Crippen molar-refractivity contribution in [1.82, 2.24) is 10.3 Å². The molecule has 1 aliphatic heterocycles. The summed E-state index contributed by atoms with van der Waals surface area (Å²) in [4.78, 5) is 13.5. The predicted octanol–water partition coefficient (Wildman–Crippen LogP) is 4.86. The van der Waals surface area contributed by atoms with Crippen LogP contribution >= 0.6 is 0 Å². The minimum Gasteiger partial charge on any atom is -0.391 e. The molecule has 1 fully saturated rings. The van der Waals surface area contributed by atoms with Gasteiger partial charge >= 0.3 is 0 Å². The van der Waals surface area contributed by atoms with Crippen molar-refractivity contribution in [2.24, 2.45) is 4.99 Å². The minimum atomic E-state index is 0.471. The topological polar surface area (TPSA) is 67.6 Å². The van der Waals surface area contributed by atoms with Crippen molar-refractivity contribution < 1.29 is 0 Å². The summed E-state index contributed by atoms with van der Waals surface area (Å²) in [7, 11) is 0. The van der Waals surface area contributed by atoms with Gasteiger partial charge in [0.2, 0.25) is 0 Å². The van der Waals surface area contributed by atoms with E-state index in [4.69, 9.17) is 10.4 Å². The van der Waals surface area contributed by atoms with E-state index in [-0.39, 0.29) is 0 Å². The molecule has 1 unspecified atom stereocenters. The fourth-order valence-electron chi connectivity index (χ4n) is 3.96. The number of nitrogens with one attached hydrogen (secondary N) is 2. The lowest BCUT2D eigenvalue weighted by atomic mass is 10.1. The highest BCUT2D eigenvalue weighted by Crippen LogP contribution is 2.31. The van der Waals surface area contributed by atoms with Crippen LogP contribution in [0.4, 0.5) is 17.2 Å². The second-order valence-electron chi connectivity index (χ2n) is 8.13. The molecule has 3 rings (SSSR count). The summed E-state index contributed by atoms with van der Waals surface area (Å²) in [5, 5.41) is 11.5. The number of hydrogen-bond acceptors (Lipinski definition) is 6.